The van der Waals surface area contributed by atoms with E-state index in [-0.39, 0.29) is 12.0 Å². The number of halogens is 3. The monoisotopic (exact) mass is 302 g/mol. The first kappa shape index (κ1) is 15.3. The van der Waals surface area contributed by atoms with Crippen molar-refractivity contribution in [3.8, 4) is 0 Å². The molecule has 0 radical (unpaired) electrons. The molecule has 114 valence electrons. The summed E-state index contributed by atoms with van der Waals surface area (Å²) in [5.74, 6) is -1.51. The summed E-state index contributed by atoms with van der Waals surface area (Å²) in [4.78, 5) is 23.3. The molecule has 1 saturated heterocycles. The summed E-state index contributed by atoms with van der Waals surface area (Å²) in [6, 6.07) is 3.59. The smallest absolute Gasteiger partial charge is 0.416 e. The molecule has 1 heterocycles. The lowest BCUT2D eigenvalue weighted by Crippen LogP contribution is -2.23. The second-order valence-corrected chi connectivity index (χ2v) is 5.35. The van der Waals surface area contributed by atoms with E-state index in [2.05, 4.69) is 0 Å². The number of hydrogen-bond acceptors (Lipinski definition) is 4. The summed E-state index contributed by atoms with van der Waals surface area (Å²) in [6.07, 6.45) is -5.30. The van der Waals surface area contributed by atoms with Gasteiger partial charge in [0.1, 0.15) is 5.60 Å². The maximum atomic E-state index is 12.4. The van der Waals surface area contributed by atoms with Crippen LogP contribution in [0.15, 0.2) is 24.3 Å². The molecule has 1 atom stereocenters. The van der Waals surface area contributed by atoms with Crippen LogP contribution in [0.25, 0.3) is 0 Å². The van der Waals surface area contributed by atoms with Crippen LogP contribution in [0.3, 0.4) is 0 Å². The molecular weight excluding hydrogens is 289 g/mol. The molecule has 1 fully saturated rings. The van der Waals surface area contributed by atoms with Crippen LogP contribution in [-0.4, -0.2) is 23.6 Å². The van der Waals surface area contributed by atoms with Gasteiger partial charge in [-0.15, -0.1) is 0 Å². The van der Waals surface area contributed by atoms with Crippen molar-refractivity contribution in [1.29, 1.82) is 0 Å². The lowest BCUT2D eigenvalue weighted by Gasteiger charge is -2.14. The van der Waals surface area contributed by atoms with Gasteiger partial charge in [0.15, 0.2) is 0 Å². The van der Waals surface area contributed by atoms with E-state index < -0.39 is 35.4 Å². The highest BCUT2D eigenvalue weighted by atomic mass is 19.4. The Morgan fingerprint density at radius 1 is 1.29 bits per heavy atom. The molecule has 0 aromatic heterocycles. The Morgan fingerprint density at radius 3 is 2.29 bits per heavy atom. The van der Waals surface area contributed by atoms with E-state index in [0.717, 1.165) is 24.3 Å². The normalized spacial score (nSPS) is 21.0. The summed E-state index contributed by atoms with van der Waals surface area (Å²) >= 11 is 0. The van der Waals surface area contributed by atoms with Gasteiger partial charge in [0.05, 0.1) is 11.1 Å². The third-order valence-electron chi connectivity index (χ3n) is 3.01. The number of carbonyl (C=O) groups excluding carboxylic acids is 2. The standard InChI is InChI=1S/C14H13F3O4/c1-13(2)7-10(12(19)21-13)20-11(18)8-3-5-9(6-4-8)14(15,16)17/h3-6,10H,7H2,1-2H3. The molecule has 7 heteroatoms. The zero-order valence-corrected chi connectivity index (χ0v) is 11.4. The molecular formula is C14H13F3O4. The quantitative estimate of drug-likeness (QED) is 0.788. The fourth-order valence-corrected chi connectivity index (χ4v) is 1.99. The number of ether oxygens (including phenoxy) is 2. The third-order valence-corrected chi connectivity index (χ3v) is 3.01. The van der Waals surface area contributed by atoms with Crippen LogP contribution in [0.2, 0.25) is 0 Å². The zero-order valence-electron chi connectivity index (χ0n) is 11.4. The van der Waals surface area contributed by atoms with E-state index >= 15 is 0 Å². The summed E-state index contributed by atoms with van der Waals surface area (Å²) < 4.78 is 47.2. The third kappa shape index (κ3) is 3.53. The van der Waals surface area contributed by atoms with Crippen molar-refractivity contribution in [1.82, 2.24) is 0 Å². The topological polar surface area (TPSA) is 52.6 Å². The fourth-order valence-electron chi connectivity index (χ4n) is 1.99. The van der Waals surface area contributed by atoms with Gasteiger partial charge in [-0.25, -0.2) is 9.59 Å². The predicted molar refractivity (Wildman–Crippen MR) is 65.4 cm³/mol. The van der Waals surface area contributed by atoms with Crippen LogP contribution in [-0.2, 0) is 20.4 Å². The van der Waals surface area contributed by atoms with Crippen LogP contribution in [0.5, 0.6) is 0 Å². The highest BCUT2D eigenvalue weighted by molar-refractivity contribution is 5.91. The summed E-state index contributed by atoms with van der Waals surface area (Å²) in [5, 5.41) is 0. The number of benzene rings is 1. The van der Waals surface area contributed by atoms with E-state index in [4.69, 9.17) is 9.47 Å². The van der Waals surface area contributed by atoms with Gasteiger partial charge in [0.25, 0.3) is 0 Å². The van der Waals surface area contributed by atoms with E-state index in [0.29, 0.717) is 0 Å². The van der Waals surface area contributed by atoms with Gasteiger partial charge in [-0.2, -0.15) is 13.2 Å². The van der Waals surface area contributed by atoms with Gasteiger partial charge in [-0.1, -0.05) is 0 Å². The van der Waals surface area contributed by atoms with Crippen molar-refractivity contribution in [2.24, 2.45) is 0 Å². The molecule has 0 spiro atoms. The molecule has 1 aromatic rings. The van der Waals surface area contributed by atoms with Crippen molar-refractivity contribution >= 4 is 11.9 Å². The van der Waals surface area contributed by atoms with Crippen LogP contribution < -0.4 is 0 Å². The maximum Gasteiger partial charge on any atom is 0.416 e. The van der Waals surface area contributed by atoms with Gasteiger partial charge in [-0.05, 0) is 38.1 Å². The first-order valence-corrected chi connectivity index (χ1v) is 6.20. The second-order valence-electron chi connectivity index (χ2n) is 5.35. The molecule has 0 bridgehead atoms. The second kappa shape index (κ2) is 5.05. The van der Waals surface area contributed by atoms with E-state index in [1.807, 2.05) is 0 Å². The van der Waals surface area contributed by atoms with Crippen molar-refractivity contribution in [3.63, 3.8) is 0 Å². The first-order valence-electron chi connectivity index (χ1n) is 6.20. The Labute approximate surface area is 118 Å². The Morgan fingerprint density at radius 2 is 1.86 bits per heavy atom. The van der Waals surface area contributed by atoms with Gasteiger partial charge in [0.2, 0.25) is 6.10 Å². The highest BCUT2D eigenvalue weighted by Crippen LogP contribution is 2.30. The molecule has 0 N–H and O–H groups in total. The SMILES string of the molecule is CC1(C)CC(OC(=O)c2ccc(C(F)(F)F)cc2)C(=O)O1. The molecule has 1 aliphatic rings. The molecule has 21 heavy (non-hydrogen) atoms. The van der Waals surface area contributed by atoms with Gasteiger partial charge in [0, 0.05) is 6.42 Å². The zero-order chi connectivity index (χ0) is 15.8. The molecule has 0 saturated carbocycles. The minimum absolute atomic E-state index is 0.0551. The highest BCUT2D eigenvalue weighted by Gasteiger charge is 2.42. The molecule has 4 nitrogen and oxygen atoms in total. The molecule has 1 aromatic carbocycles. The summed E-state index contributed by atoms with van der Waals surface area (Å²) in [7, 11) is 0. The Hall–Kier alpha value is -2.05. The number of hydrogen-bond donors (Lipinski definition) is 0. The van der Waals surface area contributed by atoms with Gasteiger partial charge in [-0.3, -0.25) is 0 Å². The average Bonchev–Trinajstić information content (AvgIpc) is 2.61. The van der Waals surface area contributed by atoms with Crippen LogP contribution in [0.1, 0.15) is 36.2 Å². The average molecular weight is 302 g/mol. The Balaban J connectivity index is 2.06. The van der Waals surface area contributed by atoms with E-state index in [1.54, 1.807) is 13.8 Å². The molecule has 0 aliphatic carbocycles. The Bertz CT molecular complexity index is 561. The fraction of sp³-hybridized carbons (Fsp3) is 0.429. The van der Waals surface area contributed by atoms with Crippen LogP contribution in [0, 0.1) is 0 Å². The summed E-state index contributed by atoms with van der Waals surface area (Å²) in [6.45, 7) is 3.35. The van der Waals surface area contributed by atoms with Gasteiger partial charge < -0.3 is 9.47 Å². The number of rotatable bonds is 2. The van der Waals surface area contributed by atoms with Crippen molar-refractivity contribution in [2.45, 2.75) is 38.1 Å². The number of esters is 2. The molecule has 1 unspecified atom stereocenters. The van der Waals surface area contributed by atoms with E-state index in [1.165, 1.54) is 0 Å². The van der Waals surface area contributed by atoms with Crippen molar-refractivity contribution < 1.29 is 32.2 Å². The minimum Gasteiger partial charge on any atom is -0.457 e. The first-order chi connectivity index (χ1) is 9.58. The lowest BCUT2D eigenvalue weighted by molar-refractivity contribution is -0.151. The number of alkyl halides is 3. The molecule has 2 rings (SSSR count). The number of carbonyl (C=O) groups is 2. The lowest BCUT2D eigenvalue weighted by atomic mass is 10.0. The molecule has 1 aliphatic heterocycles. The summed E-state index contributed by atoms with van der Waals surface area (Å²) in [5.41, 5.74) is -1.64. The largest absolute Gasteiger partial charge is 0.457 e. The van der Waals surface area contributed by atoms with Crippen LogP contribution >= 0.6 is 0 Å². The minimum atomic E-state index is -4.47. The van der Waals surface area contributed by atoms with Crippen molar-refractivity contribution in [2.75, 3.05) is 0 Å². The number of cyclic esters (lactones) is 1. The Kier molecular flexibility index (Phi) is 3.69. The predicted octanol–water partition coefficient (Wildman–Crippen LogP) is 2.96. The van der Waals surface area contributed by atoms with E-state index in [9.17, 15) is 22.8 Å². The van der Waals surface area contributed by atoms with Crippen LogP contribution in [0.4, 0.5) is 13.2 Å². The molecule has 0 amide bonds. The van der Waals surface area contributed by atoms with Crippen molar-refractivity contribution in [3.05, 3.63) is 35.4 Å². The van der Waals surface area contributed by atoms with Gasteiger partial charge >= 0.3 is 18.1 Å². The maximum absolute atomic E-state index is 12.4.